The lowest BCUT2D eigenvalue weighted by atomic mass is 10.2. The molecule has 0 saturated carbocycles. The van der Waals surface area contributed by atoms with Crippen LogP contribution < -0.4 is 10.6 Å². The topological polar surface area (TPSA) is 41.1 Å². The quantitative estimate of drug-likeness (QED) is 0.878. The predicted molar refractivity (Wildman–Crippen MR) is 77.8 cm³/mol. The van der Waals surface area contributed by atoms with E-state index in [2.05, 4.69) is 10.6 Å². The molecule has 20 heavy (non-hydrogen) atoms. The Morgan fingerprint density at radius 1 is 1.15 bits per heavy atom. The van der Waals surface area contributed by atoms with Crippen molar-refractivity contribution in [2.24, 2.45) is 0 Å². The molecule has 2 rings (SSSR count). The second-order valence-corrected chi connectivity index (χ2v) is 4.59. The van der Waals surface area contributed by atoms with Crippen LogP contribution >= 0.6 is 0 Å². The van der Waals surface area contributed by atoms with E-state index in [0.717, 1.165) is 11.3 Å². The lowest BCUT2D eigenvalue weighted by molar-refractivity contribution is -0.117. The number of amides is 1. The first-order chi connectivity index (χ1) is 9.65. The van der Waals surface area contributed by atoms with Gasteiger partial charge < -0.3 is 10.6 Å². The first kappa shape index (κ1) is 14.2. The van der Waals surface area contributed by atoms with E-state index in [9.17, 15) is 9.18 Å². The Balaban J connectivity index is 1.85. The van der Waals surface area contributed by atoms with E-state index < -0.39 is 0 Å². The zero-order valence-electron chi connectivity index (χ0n) is 11.3. The van der Waals surface area contributed by atoms with Crippen LogP contribution in [0.1, 0.15) is 12.5 Å². The highest BCUT2D eigenvalue weighted by Crippen LogP contribution is 2.06. The second-order valence-electron chi connectivity index (χ2n) is 4.59. The molecule has 1 amide bonds. The van der Waals surface area contributed by atoms with Crippen molar-refractivity contribution in [3.8, 4) is 0 Å². The third-order valence-electron chi connectivity index (χ3n) is 2.94. The van der Waals surface area contributed by atoms with Crippen molar-refractivity contribution in [2.75, 3.05) is 5.32 Å². The minimum absolute atomic E-state index is 0.118. The van der Waals surface area contributed by atoms with Crippen molar-refractivity contribution < 1.29 is 9.18 Å². The molecule has 0 radical (unpaired) electrons. The summed E-state index contributed by atoms with van der Waals surface area (Å²) in [4.78, 5) is 12.0. The molecule has 0 spiro atoms. The molecule has 0 bridgehead atoms. The maximum Gasteiger partial charge on any atom is 0.241 e. The number of anilines is 1. The van der Waals surface area contributed by atoms with Gasteiger partial charge in [0, 0.05) is 12.2 Å². The standard InChI is InChI=1S/C16H17FN2O/c1-12(16(20)19-15-8-3-2-4-9-15)18-11-13-6-5-7-14(17)10-13/h2-10,12,18H,11H2,1H3,(H,19,20). The van der Waals surface area contributed by atoms with Crippen LogP contribution in [0.15, 0.2) is 54.6 Å². The maximum atomic E-state index is 13.0. The van der Waals surface area contributed by atoms with Gasteiger partial charge in [-0.1, -0.05) is 30.3 Å². The zero-order chi connectivity index (χ0) is 14.4. The van der Waals surface area contributed by atoms with Crippen LogP contribution in [0.4, 0.5) is 10.1 Å². The SMILES string of the molecule is CC(NCc1cccc(F)c1)C(=O)Nc1ccccc1. The number of carbonyl (C=O) groups excluding carboxylic acids is 1. The summed E-state index contributed by atoms with van der Waals surface area (Å²) in [6, 6.07) is 15.2. The molecule has 2 aromatic carbocycles. The largest absolute Gasteiger partial charge is 0.325 e. The normalized spacial score (nSPS) is 11.9. The highest BCUT2D eigenvalue weighted by molar-refractivity contribution is 5.94. The fourth-order valence-corrected chi connectivity index (χ4v) is 1.78. The Hall–Kier alpha value is -2.20. The summed E-state index contributed by atoms with van der Waals surface area (Å²) >= 11 is 0. The molecule has 0 aliphatic heterocycles. The van der Waals surface area contributed by atoms with Crippen molar-refractivity contribution >= 4 is 11.6 Å². The number of nitrogens with one attached hydrogen (secondary N) is 2. The molecule has 0 saturated heterocycles. The molecule has 2 N–H and O–H groups in total. The molecule has 0 aromatic heterocycles. The first-order valence-corrected chi connectivity index (χ1v) is 6.49. The summed E-state index contributed by atoms with van der Waals surface area (Å²) in [6.45, 7) is 2.22. The highest BCUT2D eigenvalue weighted by atomic mass is 19.1. The van der Waals surface area contributed by atoms with Crippen LogP contribution in [-0.4, -0.2) is 11.9 Å². The van der Waals surface area contributed by atoms with E-state index >= 15 is 0 Å². The molecule has 1 unspecified atom stereocenters. The van der Waals surface area contributed by atoms with Crippen LogP contribution in [0.25, 0.3) is 0 Å². The molecule has 0 aliphatic rings. The summed E-state index contributed by atoms with van der Waals surface area (Å²) < 4.78 is 13.0. The van der Waals surface area contributed by atoms with Gasteiger partial charge in [0.05, 0.1) is 6.04 Å². The summed E-state index contributed by atoms with van der Waals surface area (Å²) in [5.74, 6) is -0.390. The second kappa shape index (κ2) is 6.82. The molecule has 4 heteroatoms. The van der Waals surface area contributed by atoms with E-state index in [4.69, 9.17) is 0 Å². The van der Waals surface area contributed by atoms with E-state index in [0.29, 0.717) is 6.54 Å². The smallest absolute Gasteiger partial charge is 0.241 e. The van der Waals surface area contributed by atoms with Crippen molar-refractivity contribution in [2.45, 2.75) is 19.5 Å². The Kier molecular flexibility index (Phi) is 4.85. The lowest BCUT2D eigenvalue weighted by Gasteiger charge is -2.14. The van der Waals surface area contributed by atoms with E-state index in [1.165, 1.54) is 12.1 Å². The molecule has 0 heterocycles. The molecule has 0 fully saturated rings. The van der Waals surface area contributed by atoms with Crippen LogP contribution in [-0.2, 0) is 11.3 Å². The van der Waals surface area contributed by atoms with Crippen molar-refractivity contribution in [1.29, 1.82) is 0 Å². The van der Waals surface area contributed by atoms with E-state index in [1.54, 1.807) is 13.0 Å². The van der Waals surface area contributed by atoms with Gasteiger partial charge in [-0.25, -0.2) is 4.39 Å². The van der Waals surface area contributed by atoms with Crippen molar-refractivity contribution in [3.63, 3.8) is 0 Å². The minimum Gasteiger partial charge on any atom is -0.325 e. The Labute approximate surface area is 117 Å². The number of rotatable bonds is 5. The number of carbonyl (C=O) groups is 1. The Morgan fingerprint density at radius 3 is 2.60 bits per heavy atom. The average molecular weight is 272 g/mol. The fraction of sp³-hybridized carbons (Fsp3) is 0.188. The van der Waals surface area contributed by atoms with Gasteiger partial charge in [0.1, 0.15) is 5.82 Å². The molecule has 1 atom stereocenters. The molecule has 104 valence electrons. The van der Waals surface area contributed by atoms with Gasteiger partial charge in [-0.3, -0.25) is 4.79 Å². The maximum absolute atomic E-state index is 13.0. The fourth-order valence-electron chi connectivity index (χ4n) is 1.78. The lowest BCUT2D eigenvalue weighted by Crippen LogP contribution is -2.37. The molecule has 3 nitrogen and oxygen atoms in total. The average Bonchev–Trinajstić information content (AvgIpc) is 2.46. The number of benzene rings is 2. The monoisotopic (exact) mass is 272 g/mol. The highest BCUT2D eigenvalue weighted by Gasteiger charge is 2.12. The minimum atomic E-state index is -0.363. The van der Waals surface area contributed by atoms with Gasteiger partial charge in [0.15, 0.2) is 0 Å². The predicted octanol–water partition coefficient (Wildman–Crippen LogP) is 2.94. The van der Waals surface area contributed by atoms with Gasteiger partial charge in [-0.05, 0) is 36.8 Å². The van der Waals surface area contributed by atoms with E-state index in [-0.39, 0.29) is 17.8 Å². The van der Waals surface area contributed by atoms with Gasteiger partial charge >= 0.3 is 0 Å². The number of hydrogen-bond donors (Lipinski definition) is 2. The van der Waals surface area contributed by atoms with Crippen LogP contribution in [0.3, 0.4) is 0 Å². The molecule has 0 aliphatic carbocycles. The van der Waals surface area contributed by atoms with Crippen LogP contribution in [0.5, 0.6) is 0 Å². The van der Waals surface area contributed by atoms with Gasteiger partial charge in [-0.15, -0.1) is 0 Å². The molecular formula is C16H17FN2O. The Morgan fingerprint density at radius 2 is 1.90 bits per heavy atom. The summed E-state index contributed by atoms with van der Waals surface area (Å²) in [6.07, 6.45) is 0. The summed E-state index contributed by atoms with van der Waals surface area (Å²) in [5.41, 5.74) is 1.57. The number of hydrogen-bond acceptors (Lipinski definition) is 2. The third kappa shape index (κ3) is 4.17. The van der Waals surface area contributed by atoms with Crippen LogP contribution in [0, 0.1) is 5.82 Å². The van der Waals surface area contributed by atoms with Gasteiger partial charge in [-0.2, -0.15) is 0 Å². The first-order valence-electron chi connectivity index (χ1n) is 6.49. The van der Waals surface area contributed by atoms with Crippen molar-refractivity contribution in [3.05, 3.63) is 66.0 Å². The summed E-state index contributed by atoms with van der Waals surface area (Å²) in [5, 5.41) is 5.88. The molecule has 2 aromatic rings. The Bertz CT molecular complexity index is 572. The summed E-state index contributed by atoms with van der Waals surface area (Å²) in [7, 11) is 0. The third-order valence-corrected chi connectivity index (χ3v) is 2.94. The number of para-hydroxylation sites is 1. The zero-order valence-corrected chi connectivity index (χ0v) is 11.3. The van der Waals surface area contributed by atoms with E-state index in [1.807, 2.05) is 36.4 Å². The van der Waals surface area contributed by atoms with Crippen LogP contribution in [0.2, 0.25) is 0 Å². The van der Waals surface area contributed by atoms with Crippen molar-refractivity contribution in [1.82, 2.24) is 5.32 Å². The number of halogens is 1. The van der Waals surface area contributed by atoms with Gasteiger partial charge in [0.2, 0.25) is 5.91 Å². The molecular weight excluding hydrogens is 255 g/mol. The van der Waals surface area contributed by atoms with Gasteiger partial charge in [0.25, 0.3) is 0 Å².